The minimum Gasteiger partial charge on any atom is -0.453 e. The molecule has 0 fully saturated rings. The fourth-order valence-corrected chi connectivity index (χ4v) is 4.09. The van der Waals surface area contributed by atoms with Gasteiger partial charge in [0, 0.05) is 32.6 Å². The molecule has 0 bridgehead atoms. The van der Waals surface area contributed by atoms with Crippen molar-refractivity contribution in [3.63, 3.8) is 0 Å². The summed E-state index contributed by atoms with van der Waals surface area (Å²) in [7, 11) is 5.71. The molecule has 0 rings (SSSR count). The third kappa shape index (κ3) is 27.5. The van der Waals surface area contributed by atoms with Gasteiger partial charge in [-0.25, -0.2) is 9.59 Å². The van der Waals surface area contributed by atoms with Gasteiger partial charge in [0.05, 0.1) is 26.8 Å². The van der Waals surface area contributed by atoms with Crippen molar-refractivity contribution in [1.82, 2.24) is 42.1 Å². The third-order valence-electron chi connectivity index (χ3n) is 6.78. The van der Waals surface area contributed by atoms with Crippen molar-refractivity contribution >= 4 is 47.6 Å². The molecule has 11 N–H and O–H groups in total. The quantitative estimate of drug-likeness (QED) is 0.0325. The van der Waals surface area contributed by atoms with Gasteiger partial charge in [0.15, 0.2) is 0 Å². The Kier molecular flexibility index (Phi) is 29.3. The van der Waals surface area contributed by atoms with E-state index in [1.165, 1.54) is 7.11 Å². The number of nitrogens with one attached hydrogen (secondary N) is 7. The fraction of sp³-hybridized carbons (Fsp3) is 0.677. The number of hydrogen-bond donors (Lipinski definition) is 9. The van der Waals surface area contributed by atoms with Crippen molar-refractivity contribution in [3.8, 4) is 0 Å². The number of ether oxygens (including phenoxy) is 2. The Morgan fingerprint density at radius 3 is 1.75 bits per heavy atom. The van der Waals surface area contributed by atoms with Crippen molar-refractivity contribution in [2.75, 3.05) is 74.1 Å². The molecule has 0 heterocycles. The number of nitrogens with two attached hydrogens (primary N) is 2. The molecule has 0 aliphatic carbocycles. The van der Waals surface area contributed by atoms with Crippen LogP contribution in [0.15, 0.2) is 12.7 Å². The Hall–Kier alpha value is -4.98. The van der Waals surface area contributed by atoms with E-state index in [0.29, 0.717) is 58.2 Å². The lowest BCUT2D eigenvalue weighted by molar-refractivity contribution is -0.139. The van der Waals surface area contributed by atoms with Gasteiger partial charge in [0.25, 0.3) is 0 Å². The van der Waals surface area contributed by atoms with E-state index in [0.717, 1.165) is 12.0 Å². The lowest BCUT2D eigenvalue weighted by atomic mass is 10.1. The van der Waals surface area contributed by atoms with Gasteiger partial charge in [-0.05, 0) is 59.0 Å². The van der Waals surface area contributed by atoms with Crippen LogP contribution in [-0.4, -0.2) is 139 Å². The van der Waals surface area contributed by atoms with Gasteiger partial charge in [0.2, 0.25) is 35.4 Å². The van der Waals surface area contributed by atoms with E-state index in [1.807, 2.05) is 0 Å². The van der Waals surface area contributed by atoms with Gasteiger partial charge in [0.1, 0.15) is 19.1 Å². The van der Waals surface area contributed by atoms with E-state index < -0.39 is 53.8 Å². The molecule has 20 heteroatoms. The fourth-order valence-electron chi connectivity index (χ4n) is 4.09. The standard InChI is InChI=1S/C28H50N8O9.C3H8N2O/c1-5-6-14-31-22(37)18-36(19-23(38)32-15-9-7-11-20(30-2)25(29)40)24(39)13-17-33-26(41)21(35-28(43)45-4)12-8-10-16-34-27(42)44-3;1-5-2-3(4)6/h5,20-21,30H,1,6-19H2,2-4H3,(H2,29,40)(H,31,37)(H,32,38)(H,33,41)(H,34,42)(H,35,43);5H,2H2,1H3,(H2,4,6)/t20-,21-;/m0./s1. The van der Waals surface area contributed by atoms with E-state index in [9.17, 15) is 38.4 Å². The van der Waals surface area contributed by atoms with Crippen LogP contribution in [-0.2, 0) is 38.2 Å². The van der Waals surface area contributed by atoms with Crippen LogP contribution in [0.4, 0.5) is 9.59 Å². The molecule has 51 heavy (non-hydrogen) atoms. The molecule has 0 saturated carbocycles. The average Bonchev–Trinajstić information content (AvgIpc) is 3.08. The summed E-state index contributed by atoms with van der Waals surface area (Å²) in [4.78, 5) is 95.8. The van der Waals surface area contributed by atoms with Gasteiger partial charge in [-0.15, -0.1) is 6.58 Å². The first-order valence-electron chi connectivity index (χ1n) is 16.5. The molecule has 0 unspecified atom stereocenters. The Balaban J connectivity index is 0. The summed E-state index contributed by atoms with van der Waals surface area (Å²) in [6.07, 6.45) is 3.45. The third-order valence-corrected chi connectivity index (χ3v) is 6.78. The summed E-state index contributed by atoms with van der Waals surface area (Å²) in [6.45, 7) is 3.90. The molecule has 292 valence electrons. The van der Waals surface area contributed by atoms with E-state index in [1.54, 1.807) is 20.2 Å². The highest BCUT2D eigenvalue weighted by atomic mass is 16.5. The number of rotatable bonds is 26. The lowest BCUT2D eigenvalue weighted by Crippen LogP contribution is -2.49. The minimum absolute atomic E-state index is 0.121. The van der Waals surface area contributed by atoms with E-state index in [2.05, 4.69) is 53.3 Å². The highest BCUT2D eigenvalue weighted by molar-refractivity contribution is 5.90. The van der Waals surface area contributed by atoms with Crippen molar-refractivity contribution in [1.29, 1.82) is 0 Å². The minimum atomic E-state index is -0.963. The van der Waals surface area contributed by atoms with Crippen molar-refractivity contribution < 1.29 is 47.8 Å². The van der Waals surface area contributed by atoms with Crippen molar-refractivity contribution in [3.05, 3.63) is 12.7 Å². The Labute approximate surface area is 299 Å². The normalized spacial score (nSPS) is 11.2. The highest BCUT2D eigenvalue weighted by Crippen LogP contribution is 2.03. The second kappa shape index (κ2) is 31.0. The molecule has 20 nitrogen and oxygen atoms in total. The number of carbonyl (C=O) groups excluding carboxylic acids is 8. The molecule has 0 radical (unpaired) electrons. The zero-order valence-corrected chi connectivity index (χ0v) is 30.2. The van der Waals surface area contributed by atoms with Crippen LogP contribution in [0.5, 0.6) is 0 Å². The number of primary amides is 2. The first-order valence-corrected chi connectivity index (χ1v) is 16.5. The van der Waals surface area contributed by atoms with Crippen LogP contribution in [0.1, 0.15) is 51.4 Å². The molecule has 2 atom stereocenters. The maximum atomic E-state index is 13.0. The van der Waals surface area contributed by atoms with Crippen LogP contribution in [0.2, 0.25) is 0 Å². The molecule has 0 aliphatic rings. The molecule has 0 aliphatic heterocycles. The number of unbranched alkanes of at least 4 members (excludes halogenated alkanes) is 2. The second-order valence-corrected chi connectivity index (χ2v) is 10.9. The summed E-state index contributed by atoms with van der Waals surface area (Å²) >= 11 is 0. The van der Waals surface area contributed by atoms with Crippen LogP contribution in [0.3, 0.4) is 0 Å². The molecule has 0 spiro atoms. The first kappa shape index (κ1) is 48.1. The second-order valence-electron chi connectivity index (χ2n) is 10.9. The van der Waals surface area contributed by atoms with E-state index in [4.69, 9.17) is 11.5 Å². The van der Waals surface area contributed by atoms with E-state index in [-0.39, 0.29) is 44.9 Å². The van der Waals surface area contributed by atoms with Gasteiger partial charge in [-0.1, -0.05) is 6.08 Å². The van der Waals surface area contributed by atoms with E-state index >= 15 is 0 Å². The van der Waals surface area contributed by atoms with Gasteiger partial charge in [-0.3, -0.25) is 28.8 Å². The molecule has 0 aromatic heterocycles. The summed E-state index contributed by atoms with van der Waals surface area (Å²) in [6, 6.07) is -1.43. The summed E-state index contributed by atoms with van der Waals surface area (Å²) < 4.78 is 9.08. The number of methoxy groups -OCH3 is 2. The van der Waals surface area contributed by atoms with Crippen molar-refractivity contribution in [2.45, 2.75) is 63.5 Å². The molecule has 0 aromatic carbocycles. The van der Waals surface area contributed by atoms with Crippen LogP contribution in [0, 0.1) is 0 Å². The Bertz CT molecular complexity index is 1110. The number of carbonyl (C=O) groups is 8. The van der Waals surface area contributed by atoms with Gasteiger partial charge in [-0.2, -0.15) is 0 Å². The van der Waals surface area contributed by atoms with Gasteiger partial charge < -0.3 is 63.1 Å². The maximum Gasteiger partial charge on any atom is 0.407 e. The first-order chi connectivity index (χ1) is 24.2. The maximum absolute atomic E-state index is 13.0. The molecule has 8 amide bonds. The number of hydrogen-bond acceptors (Lipinski definition) is 12. The Morgan fingerprint density at radius 1 is 0.725 bits per heavy atom. The topological polar surface area (TPSA) is 295 Å². The largest absolute Gasteiger partial charge is 0.453 e. The zero-order valence-electron chi connectivity index (χ0n) is 30.2. The molecule has 0 saturated heterocycles. The predicted octanol–water partition coefficient (Wildman–Crippen LogP) is -2.68. The number of amides is 8. The van der Waals surface area contributed by atoms with Crippen molar-refractivity contribution in [2.24, 2.45) is 11.5 Å². The van der Waals surface area contributed by atoms with Crippen LogP contribution < -0.4 is 48.7 Å². The zero-order chi connectivity index (χ0) is 39.0. The summed E-state index contributed by atoms with van der Waals surface area (Å²) in [5.41, 5.74) is 10.00. The number of likely N-dealkylation sites (N-methyl/N-ethyl adjacent to an activating group) is 2. The van der Waals surface area contributed by atoms with Crippen LogP contribution in [0.25, 0.3) is 0 Å². The lowest BCUT2D eigenvalue weighted by Gasteiger charge is -2.22. The number of nitrogens with zero attached hydrogens (tertiary/aromatic N) is 1. The summed E-state index contributed by atoms with van der Waals surface area (Å²) in [5, 5.41) is 18.3. The molecular weight excluding hydrogens is 672 g/mol. The summed E-state index contributed by atoms with van der Waals surface area (Å²) in [5.74, 6) is -2.83. The highest BCUT2D eigenvalue weighted by Gasteiger charge is 2.23. The molecular formula is C31H58N10O10. The number of alkyl carbamates (subject to hydrolysis) is 2. The smallest absolute Gasteiger partial charge is 0.407 e. The van der Waals surface area contributed by atoms with Crippen LogP contribution >= 0.6 is 0 Å². The Morgan fingerprint density at radius 2 is 1.27 bits per heavy atom. The monoisotopic (exact) mass is 730 g/mol. The van der Waals surface area contributed by atoms with Gasteiger partial charge >= 0.3 is 12.2 Å². The SMILES string of the molecule is C=CCCNC(=O)CN(CC(=O)NCCCC[C@H](NC)C(N)=O)C(=O)CCNC(=O)[C@H](CCCCNC(=O)OC)NC(=O)OC.CNCC(N)=O. The predicted molar refractivity (Wildman–Crippen MR) is 188 cm³/mol. The average molecular weight is 731 g/mol. The molecule has 0 aromatic rings.